The Kier molecular flexibility index (Phi) is 3.79. The zero-order chi connectivity index (χ0) is 12.5. The van der Waals surface area contributed by atoms with E-state index in [-0.39, 0.29) is 0 Å². The Morgan fingerprint density at radius 2 is 1.94 bits per heavy atom. The molecule has 2 rings (SSSR count). The van der Waals surface area contributed by atoms with Crippen LogP contribution in [0.4, 0.5) is 0 Å². The van der Waals surface area contributed by atoms with Crippen molar-refractivity contribution in [3.05, 3.63) is 34.9 Å². The summed E-state index contributed by atoms with van der Waals surface area (Å²) >= 11 is 5.91. The van der Waals surface area contributed by atoms with E-state index >= 15 is 0 Å². The fourth-order valence-electron chi connectivity index (χ4n) is 2.69. The lowest BCUT2D eigenvalue weighted by molar-refractivity contribution is 0.409. The van der Waals surface area contributed by atoms with Crippen LogP contribution in [0.1, 0.15) is 32.8 Å². The summed E-state index contributed by atoms with van der Waals surface area (Å²) in [6.45, 7) is 7.96. The second-order valence-electron chi connectivity index (χ2n) is 5.79. The van der Waals surface area contributed by atoms with Crippen LogP contribution in [0.25, 0.3) is 0 Å². The topological polar surface area (TPSA) is 12.0 Å². The fourth-order valence-corrected chi connectivity index (χ4v) is 2.81. The van der Waals surface area contributed by atoms with Gasteiger partial charge in [0.15, 0.2) is 0 Å². The summed E-state index contributed by atoms with van der Waals surface area (Å²) in [5.74, 6) is 0.818. The molecule has 1 aliphatic rings. The minimum Gasteiger partial charge on any atom is -0.314 e. The van der Waals surface area contributed by atoms with Gasteiger partial charge in [-0.2, -0.15) is 0 Å². The SMILES string of the molecule is CCNC(Cc1ccc(Cl)cc1)C1CC1(C)C. The molecule has 1 aliphatic carbocycles. The number of nitrogens with one attached hydrogen (secondary N) is 1. The van der Waals surface area contributed by atoms with Crippen LogP contribution in [0.5, 0.6) is 0 Å². The first-order valence-corrected chi connectivity index (χ1v) is 6.88. The number of benzene rings is 1. The third-order valence-electron chi connectivity index (χ3n) is 3.91. The van der Waals surface area contributed by atoms with Gasteiger partial charge in [0.25, 0.3) is 0 Å². The highest BCUT2D eigenvalue weighted by atomic mass is 35.5. The zero-order valence-electron chi connectivity index (χ0n) is 11.0. The molecule has 0 aliphatic heterocycles. The Balaban J connectivity index is 2.00. The van der Waals surface area contributed by atoms with E-state index < -0.39 is 0 Å². The number of hydrogen-bond donors (Lipinski definition) is 1. The maximum Gasteiger partial charge on any atom is 0.0406 e. The minimum atomic E-state index is 0.527. The first-order valence-electron chi connectivity index (χ1n) is 6.51. The Morgan fingerprint density at radius 1 is 1.35 bits per heavy atom. The lowest BCUT2D eigenvalue weighted by Crippen LogP contribution is -2.34. The van der Waals surface area contributed by atoms with Crippen molar-refractivity contribution in [2.24, 2.45) is 11.3 Å². The standard InChI is InChI=1S/C15H22ClN/c1-4-17-14(13-10-15(13,2)3)9-11-5-7-12(16)8-6-11/h5-8,13-14,17H,4,9-10H2,1-3H3. The molecule has 1 N–H and O–H groups in total. The molecular formula is C15H22ClN. The van der Waals surface area contributed by atoms with Crippen molar-refractivity contribution in [2.75, 3.05) is 6.54 Å². The summed E-state index contributed by atoms with van der Waals surface area (Å²) in [5, 5.41) is 4.45. The molecule has 1 aromatic rings. The van der Waals surface area contributed by atoms with E-state index in [4.69, 9.17) is 11.6 Å². The van der Waals surface area contributed by atoms with E-state index in [9.17, 15) is 0 Å². The van der Waals surface area contributed by atoms with Crippen molar-refractivity contribution >= 4 is 11.6 Å². The molecule has 0 bridgehead atoms. The fraction of sp³-hybridized carbons (Fsp3) is 0.600. The van der Waals surface area contributed by atoms with Crippen molar-refractivity contribution in [3.8, 4) is 0 Å². The Labute approximate surface area is 110 Å². The van der Waals surface area contributed by atoms with Gasteiger partial charge in [-0.15, -0.1) is 0 Å². The van der Waals surface area contributed by atoms with Gasteiger partial charge >= 0.3 is 0 Å². The van der Waals surface area contributed by atoms with Crippen LogP contribution in [0.3, 0.4) is 0 Å². The third-order valence-corrected chi connectivity index (χ3v) is 4.16. The molecule has 1 aromatic carbocycles. The molecule has 2 unspecified atom stereocenters. The second kappa shape index (κ2) is 4.99. The van der Waals surface area contributed by atoms with E-state index in [1.54, 1.807) is 0 Å². The number of rotatable bonds is 5. The quantitative estimate of drug-likeness (QED) is 0.837. The highest BCUT2D eigenvalue weighted by molar-refractivity contribution is 6.30. The molecule has 0 saturated heterocycles. The number of hydrogen-bond acceptors (Lipinski definition) is 1. The molecule has 94 valence electrons. The van der Waals surface area contributed by atoms with E-state index in [1.807, 2.05) is 12.1 Å². The Hall–Kier alpha value is -0.530. The van der Waals surface area contributed by atoms with E-state index in [0.717, 1.165) is 23.9 Å². The van der Waals surface area contributed by atoms with Crippen molar-refractivity contribution in [3.63, 3.8) is 0 Å². The number of halogens is 1. The Morgan fingerprint density at radius 3 is 2.41 bits per heavy atom. The van der Waals surface area contributed by atoms with Crippen LogP contribution in [-0.4, -0.2) is 12.6 Å². The molecular weight excluding hydrogens is 230 g/mol. The average molecular weight is 252 g/mol. The van der Waals surface area contributed by atoms with Gasteiger partial charge in [-0.1, -0.05) is 44.5 Å². The van der Waals surface area contributed by atoms with Gasteiger partial charge in [0.2, 0.25) is 0 Å². The molecule has 0 heterocycles. The average Bonchev–Trinajstić information content (AvgIpc) is 2.90. The van der Waals surface area contributed by atoms with Crippen molar-refractivity contribution < 1.29 is 0 Å². The van der Waals surface area contributed by atoms with Crippen LogP contribution in [0.15, 0.2) is 24.3 Å². The van der Waals surface area contributed by atoms with Gasteiger partial charge in [0, 0.05) is 11.1 Å². The summed E-state index contributed by atoms with van der Waals surface area (Å²) in [7, 11) is 0. The Bertz CT molecular complexity index is 369. The largest absolute Gasteiger partial charge is 0.314 e. The van der Waals surface area contributed by atoms with Gasteiger partial charge < -0.3 is 5.32 Å². The van der Waals surface area contributed by atoms with Crippen LogP contribution in [-0.2, 0) is 6.42 Å². The lowest BCUT2D eigenvalue weighted by atomic mass is 9.97. The first-order chi connectivity index (χ1) is 8.03. The molecule has 1 nitrogen and oxygen atoms in total. The summed E-state index contributed by atoms with van der Waals surface area (Å²) in [5.41, 5.74) is 1.90. The highest BCUT2D eigenvalue weighted by Crippen LogP contribution is 2.54. The van der Waals surface area contributed by atoms with E-state index in [1.165, 1.54) is 12.0 Å². The molecule has 17 heavy (non-hydrogen) atoms. The van der Waals surface area contributed by atoms with Crippen LogP contribution in [0, 0.1) is 11.3 Å². The van der Waals surface area contributed by atoms with E-state index in [2.05, 4.69) is 38.2 Å². The predicted molar refractivity (Wildman–Crippen MR) is 74.5 cm³/mol. The zero-order valence-corrected chi connectivity index (χ0v) is 11.7. The highest BCUT2D eigenvalue weighted by Gasteiger charge is 2.49. The minimum absolute atomic E-state index is 0.527. The molecule has 0 amide bonds. The van der Waals surface area contributed by atoms with Crippen molar-refractivity contribution in [1.82, 2.24) is 5.32 Å². The summed E-state index contributed by atoms with van der Waals surface area (Å²) in [6, 6.07) is 8.86. The maximum atomic E-state index is 5.91. The van der Waals surface area contributed by atoms with Crippen molar-refractivity contribution in [2.45, 2.75) is 39.7 Å². The third kappa shape index (κ3) is 3.23. The molecule has 0 radical (unpaired) electrons. The molecule has 2 atom stereocenters. The van der Waals surface area contributed by atoms with Crippen LogP contribution in [0.2, 0.25) is 5.02 Å². The second-order valence-corrected chi connectivity index (χ2v) is 6.23. The maximum absolute atomic E-state index is 5.91. The van der Waals surface area contributed by atoms with Gasteiger partial charge in [-0.25, -0.2) is 0 Å². The number of likely N-dealkylation sites (N-methyl/N-ethyl adjacent to an activating group) is 1. The van der Waals surface area contributed by atoms with Crippen LogP contribution >= 0.6 is 11.6 Å². The molecule has 2 heteroatoms. The molecule has 0 aromatic heterocycles. The van der Waals surface area contributed by atoms with E-state index in [0.29, 0.717) is 11.5 Å². The van der Waals surface area contributed by atoms with Gasteiger partial charge in [0.1, 0.15) is 0 Å². The smallest absolute Gasteiger partial charge is 0.0406 e. The normalized spacial score (nSPS) is 23.4. The lowest BCUT2D eigenvalue weighted by Gasteiger charge is -2.19. The van der Waals surface area contributed by atoms with Gasteiger partial charge in [-0.3, -0.25) is 0 Å². The molecule has 1 fully saturated rings. The molecule has 0 spiro atoms. The first kappa shape index (κ1) is 12.9. The predicted octanol–water partition coefficient (Wildman–Crippen LogP) is 3.91. The summed E-state index contributed by atoms with van der Waals surface area (Å²) < 4.78 is 0. The van der Waals surface area contributed by atoms with Crippen molar-refractivity contribution in [1.29, 1.82) is 0 Å². The van der Waals surface area contributed by atoms with Crippen LogP contribution < -0.4 is 5.32 Å². The molecule has 1 saturated carbocycles. The van der Waals surface area contributed by atoms with Gasteiger partial charge in [0.05, 0.1) is 0 Å². The van der Waals surface area contributed by atoms with Gasteiger partial charge in [-0.05, 0) is 48.4 Å². The monoisotopic (exact) mass is 251 g/mol. The summed E-state index contributed by atoms with van der Waals surface area (Å²) in [4.78, 5) is 0. The summed E-state index contributed by atoms with van der Waals surface area (Å²) in [6.07, 6.45) is 2.46.